The van der Waals surface area contributed by atoms with Gasteiger partial charge in [-0.2, -0.15) is 13.2 Å². The second-order valence-electron chi connectivity index (χ2n) is 2.00. The van der Waals surface area contributed by atoms with Gasteiger partial charge in [0.2, 0.25) is 0 Å². The van der Waals surface area contributed by atoms with Gasteiger partial charge in [0.1, 0.15) is 11.3 Å². The van der Waals surface area contributed by atoms with Crippen LogP contribution >= 0.6 is 11.3 Å². The van der Waals surface area contributed by atoms with Crippen molar-refractivity contribution in [3.63, 3.8) is 0 Å². The van der Waals surface area contributed by atoms with Crippen molar-refractivity contribution in [3.05, 3.63) is 16.1 Å². The summed E-state index contributed by atoms with van der Waals surface area (Å²) in [6, 6.07) is 0. The van der Waals surface area contributed by atoms with E-state index in [0.29, 0.717) is 6.29 Å². The molecule has 0 radical (unpaired) electrons. The molecule has 0 spiro atoms. The Labute approximate surface area is 70.0 Å². The third kappa shape index (κ3) is 2.04. The molecule has 0 aromatic carbocycles. The Hall–Kier alpha value is -0.910. The van der Waals surface area contributed by atoms with Gasteiger partial charge >= 0.3 is 6.18 Å². The minimum atomic E-state index is -4.41. The van der Waals surface area contributed by atoms with E-state index in [1.807, 2.05) is 0 Å². The molecule has 1 aromatic heterocycles. The zero-order valence-corrected chi connectivity index (χ0v) is 6.58. The fourth-order valence-electron chi connectivity index (χ4n) is 0.606. The van der Waals surface area contributed by atoms with Crippen LogP contribution in [0.15, 0.2) is 5.38 Å². The van der Waals surface area contributed by atoms with Gasteiger partial charge in [0, 0.05) is 5.38 Å². The number of aldehydes is 1. The Morgan fingerprint density at radius 3 is 2.67 bits per heavy atom. The lowest BCUT2D eigenvalue weighted by molar-refractivity contribution is -0.140. The summed E-state index contributed by atoms with van der Waals surface area (Å²) in [5, 5.41) is 1.09. The van der Waals surface area contributed by atoms with Crippen LogP contribution in [0.4, 0.5) is 13.2 Å². The minimum Gasteiger partial charge on any atom is -0.303 e. The third-order valence-corrected chi connectivity index (χ3v) is 1.97. The summed E-state index contributed by atoms with van der Waals surface area (Å²) in [6.45, 7) is 0. The van der Waals surface area contributed by atoms with Crippen LogP contribution in [0.3, 0.4) is 0 Å². The van der Waals surface area contributed by atoms with Crippen LogP contribution in [0.25, 0.3) is 0 Å². The highest BCUT2D eigenvalue weighted by Crippen LogP contribution is 2.29. The van der Waals surface area contributed by atoms with Gasteiger partial charge in [-0.05, 0) is 0 Å². The summed E-state index contributed by atoms with van der Waals surface area (Å²) in [5.74, 6) is 0. The number of carbonyl (C=O) groups excluding carboxylic acids is 1. The van der Waals surface area contributed by atoms with Crippen LogP contribution in [0.1, 0.15) is 10.7 Å². The number of aromatic nitrogens is 1. The van der Waals surface area contributed by atoms with Gasteiger partial charge in [0.15, 0.2) is 5.69 Å². The van der Waals surface area contributed by atoms with E-state index >= 15 is 0 Å². The molecule has 2 nitrogen and oxygen atoms in total. The third-order valence-electron chi connectivity index (χ3n) is 1.10. The zero-order chi connectivity index (χ0) is 9.19. The highest BCUT2D eigenvalue weighted by atomic mass is 32.1. The van der Waals surface area contributed by atoms with Crippen molar-refractivity contribution < 1.29 is 18.0 Å². The topological polar surface area (TPSA) is 30.0 Å². The molecular formula is C6H4F3NOS. The maximum atomic E-state index is 11.9. The first-order valence-corrected chi connectivity index (χ1v) is 3.87. The number of hydrogen-bond acceptors (Lipinski definition) is 3. The Balaban J connectivity index is 2.84. The van der Waals surface area contributed by atoms with Crippen LogP contribution in [0, 0.1) is 0 Å². The molecule has 0 atom stereocenters. The van der Waals surface area contributed by atoms with Gasteiger partial charge in [-0.25, -0.2) is 4.98 Å². The smallest absolute Gasteiger partial charge is 0.303 e. The van der Waals surface area contributed by atoms with Gasteiger partial charge in [-0.3, -0.25) is 0 Å². The number of alkyl halides is 3. The molecule has 1 rings (SSSR count). The Bertz CT molecular complexity index is 281. The van der Waals surface area contributed by atoms with E-state index in [2.05, 4.69) is 4.98 Å². The maximum Gasteiger partial charge on any atom is 0.434 e. The molecule has 0 aliphatic heterocycles. The van der Waals surface area contributed by atoms with Crippen molar-refractivity contribution in [3.8, 4) is 0 Å². The summed E-state index contributed by atoms with van der Waals surface area (Å²) in [4.78, 5) is 13.2. The van der Waals surface area contributed by atoms with Gasteiger partial charge in [0.25, 0.3) is 0 Å². The molecule has 0 fully saturated rings. The molecule has 12 heavy (non-hydrogen) atoms. The van der Waals surface area contributed by atoms with Crippen molar-refractivity contribution >= 4 is 17.6 Å². The van der Waals surface area contributed by atoms with E-state index in [4.69, 9.17) is 0 Å². The Morgan fingerprint density at radius 2 is 2.25 bits per heavy atom. The van der Waals surface area contributed by atoms with Crippen LogP contribution in [0.5, 0.6) is 0 Å². The summed E-state index contributed by atoms with van der Waals surface area (Å²) in [7, 11) is 0. The number of rotatable bonds is 2. The van der Waals surface area contributed by atoms with Crippen molar-refractivity contribution in [2.45, 2.75) is 12.6 Å². The van der Waals surface area contributed by atoms with E-state index in [1.165, 1.54) is 0 Å². The summed E-state index contributed by atoms with van der Waals surface area (Å²) in [5.41, 5.74) is -0.927. The lowest BCUT2D eigenvalue weighted by Gasteiger charge is -1.99. The monoisotopic (exact) mass is 195 g/mol. The van der Waals surface area contributed by atoms with Gasteiger partial charge in [-0.1, -0.05) is 0 Å². The van der Waals surface area contributed by atoms with E-state index < -0.39 is 11.9 Å². The highest BCUT2D eigenvalue weighted by Gasteiger charge is 2.33. The number of nitrogens with zero attached hydrogens (tertiary/aromatic N) is 1. The maximum absolute atomic E-state index is 11.9. The van der Waals surface area contributed by atoms with Gasteiger partial charge in [0.05, 0.1) is 6.42 Å². The first kappa shape index (κ1) is 9.18. The predicted molar refractivity (Wildman–Crippen MR) is 36.9 cm³/mol. The molecule has 0 amide bonds. The standard InChI is InChI=1S/C6H4F3NOS/c7-6(8,9)4-3-12-5(10-4)1-2-11/h2-3H,1H2. The molecule has 0 N–H and O–H groups in total. The van der Waals surface area contributed by atoms with Crippen molar-refractivity contribution in [1.82, 2.24) is 4.98 Å². The Morgan fingerprint density at radius 1 is 1.58 bits per heavy atom. The molecule has 0 saturated carbocycles. The fourth-order valence-corrected chi connectivity index (χ4v) is 1.36. The molecule has 0 bridgehead atoms. The highest BCUT2D eigenvalue weighted by molar-refractivity contribution is 7.09. The van der Waals surface area contributed by atoms with Crippen molar-refractivity contribution in [1.29, 1.82) is 0 Å². The molecule has 1 aromatic rings. The van der Waals surface area contributed by atoms with E-state index in [9.17, 15) is 18.0 Å². The molecule has 0 unspecified atom stereocenters. The van der Waals surface area contributed by atoms with E-state index in [0.717, 1.165) is 16.7 Å². The molecule has 6 heteroatoms. The fraction of sp³-hybridized carbons (Fsp3) is 0.333. The zero-order valence-electron chi connectivity index (χ0n) is 5.76. The van der Waals surface area contributed by atoms with Crippen LogP contribution < -0.4 is 0 Å². The normalized spacial score (nSPS) is 11.6. The van der Waals surface area contributed by atoms with Crippen LogP contribution in [-0.4, -0.2) is 11.3 Å². The second-order valence-corrected chi connectivity index (χ2v) is 2.94. The van der Waals surface area contributed by atoms with Crippen molar-refractivity contribution in [2.24, 2.45) is 0 Å². The largest absolute Gasteiger partial charge is 0.434 e. The number of carbonyl (C=O) groups is 1. The number of thiazole rings is 1. The van der Waals surface area contributed by atoms with Crippen LogP contribution in [-0.2, 0) is 17.4 Å². The SMILES string of the molecule is O=CCc1nc(C(F)(F)F)cs1. The molecule has 0 aliphatic carbocycles. The summed E-state index contributed by atoms with van der Waals surface area (Å²) in [6.07, 6.45) is -3.93. The molecule has 1 heterocycles. The van der Waals surface area contributed by atoms with Gasteiger partial charge in [-0.15, -0.1) is 11.3 Å². The molecular weight excluding hydrogens is 191 g/mol. The summed E-state index contributed by atoms with van der Waals surface area (Å²) < 4.78 is 35.7. The molecule has 0 aliphatic rings. The first-order valence-electron chi connectivity index (χ1n) is 2.99. The first-order chi connectivity index (χ1) is 5.54. The molecule has 66 valence electrons. The predicted octanol–water partition coefficient (Wildman–Crippen LogP) is 1.90. The second kappa shape index (κ2) is 3.22. The van der Waals surface area contributed by atoms with Crippen molar-refractivity contribution in [2.75, 3.05) is 0 Å². The number of hydrogen-bond donors (Lipinski definition) is 0. The number of halogens is 3. The van der Waals surface area contributed by atoms with Crippen LogP contribution in [0.2, 0.25) is 0 Å². The average Bonchev–Trinajstić information content (AvgIpc) is 2.35. The lowest BCUT2D eigenvalue weighted by atomic mass is 10.4. The van der Waals surface area contributed by atoms with E-state index in [-0.39, 0.29) is 11.4 Å². The minimum absolute atomic E-state index is 0.0548. The quantitative estimate of drug-likeness (QED) is 0.674. The summed E-state index contributed by atoms with van der Waals surface area (Å²) >= 11 is 0.839. The lowest BCUT2D eigenvalue weighted by Crippen LogP contribution is -2.05. The van der Waals surface area contributed by atoms with E-state index in [1.54, 1.807) is 0 Å². The average molecular weight is 195 g/mol. The molecule has 0 saturated heterocycles. The Kier molecular flexibility index (Phi) is 2.46. The van der Waals surface area contributed by atoms with Gasteiger partial charge < -0.3 is 4.79 Å².